The summed E-state index contributed by atoms with van der Waals surface area (Å²) in [6, 6.07) is 22.2. The van der Waals surface area contributed by atoms with Crippen molar-refractivity contribution in [2.24, 2.45) is 0 Å². The largest absolute Gasteiger partial charge is 0.490 e. The highest BCUT2D eigenvalue weighted by Crippen LogP contribution is 2.43. The third-order valence-corrected chi connectivity index (χ3v) is 7.05. The van der Waals surface area contributed by atoms with Crippen molar-refractivity contribution in [3.63, 3.8) is 0 Å². The molecule has 1 atom stereocenters. The van der Waals surface area contributed by atoms with E-state index in [0.717, 1.165) is 5.69 Å². The fourth-order valence-electron chi connectivity index (χ4n) is 3.85. The number of halogens is 1. The molecule has 0 N–H and O–H groups in total. The van der Waals surface area contributed by atoms with E-state index in [-0.39, 0.29) is 23.1 Å². The first-order valence-corrected chi connectivity index (χ1v) is 13.0. The van der Waals surface area contributed by atoms with Gasteiger partial charge in [0.25, 0.3) is 0 Å². The predicted molar refractivity (Wildman–Crippen MR) is 145 cm³/mol. The molecule has 3 aromatic carbocycles. The van der Waals surface area contributed by atoms with Crippen molar-refractivity contribution in [1.82, 2.24) is 14.8 Å². The molecule has 0 radical (unpaired) electrons. The van der Waals surface area contributed by atoms with Crippen LogP contribution in [0.25, 0.3) is 5.69 Å². The van der Waals surface area contributed by atoms with E-state index in [2.05, 4.69) is 16.3 Å². The number of hydrogen-bond donors (Lipinski definition) is 0. The smallest absolute Gasteiger partial charge is 0.220 e. The zero-order chi connectivity index (χ0) is 27.1. The Hall–Kier alpha value is -4.07. The lowest BCUT2D eigenvalue weighted by molar-refractivity contribution is -0.479. The van der Waals surface area contributed by atoms with Gasteiger partial charge in [-0.3, -0.25) is 14.7 Å². The highest BCUT2D eigenvalue weighted by molar-refractivity contribution is 7.99. The quantitative estimate of drug-likeness (QED) is 0.123. The Morgan fingerprint density at radius 1 is 1.13 bits per heavy atom. The van der Waals surface area contributed by atoms with E-state index in [1.807, 2.05) is 54.8 Å². The van der Waals surface area contributed by atoms with E-state index in [1.165, 1.54) is 11.8 Å². The molecule has 194 valence electrons. The van der Waals surface area contributed by atoms with Crippen LogP contribution in [-0.4, -0.2) is 32.8 Å². The van der Waals surface area contributed by atoms with Gasteiger partial charge in [0.2, 0.25) is 6.54 Å². The van der Waals surface area contributed by atoms with Crippen LogP contribution in [0.3, 0.4) is 0 Å². The second kappa shape index (κ2) is 12.4. The maximum Gasteiger partial charge on any atom is 0.220 e. The van der Waals surface area contributed by atoms with Crippen molar-refractivity contribution in [2.45, 2.75) is 30.9 Å². The van der Waals surface area contributed by atoms with Crippen LogP contribution in [0.4, 0.5) is 0 Å². The topological polar surface area (TPSA) is 116 Å². The molecule has 0 fully saturated rings. The van der Waals surface area contributed by atoms with Crippen LogP contribution < -0.4 is 9.47 Å². The van der Waals surface area contributed by atoms with Gasteiger partial charge in [0.1, 0.15) is 17.7 Å². The lowest BCUT2D eigenvalue weighted by atomic mass is 10.1. The van der Waals surface area contributed by atoms with E-state index in [9.17, 15) is 15.4 Å². The van der Waals surface area contributed by atoms with Gasteiger partial charge in [-0.05, 0) is 49.7 Å². The monoisotopic (exact) mass is 549 g/mol. The van der Waals surface area contributed by atoms with Crippen molar-refractivity contribution in [3.05, 3.63) is 104 Å². The lowest BCUT2D eigenvalue weighted by Gasteiger charge is -2.19. The van der Waals surface area contributed by atoms with Gasteiger partial charge >= 0.3 is 0 Å². The van der Waals surface area contributed by atoms with Crippen molar-refractivity contribution < 1.29 is 14.4 Å². The van der Waals surface area contributed by atoms with E-state index < -0.39 is 5.25 Å². The molecular formula is C27H24ClN5O4S. The Bertz CT molecular complexity index is 1470. The second-order valence-electron chi connectivity index (χ2n) is 8.14. The number of ether oxygens (including phenoxy) is 2. The average molecular weight is 550 g/mol. The molecule has 0 saturated heterocycles. The summed E-state index contributed by atoms with van der Waals surface area (Å²) < 4.78 is 13.7. The molecule has 0 aliphatic rings. The van der Waals surface area contributed by atoms with Gasteiger partial charge in [-0.1, -0.05) is 59.8 Å². The van der Waals surface area contributed by atoms with Gasteiger partial charge in [0, 0.05) is 16.2 Å². The molecule has 38 heavy (non-hydrogen) atoms. The Kier molecular flexibility index (Phi) is 8.84. The maximum atomic E-state index is 11.6. The van der Waals surface area contributed by atoms with Crippen LogP contribution >= 0.6 is 23.4 Å². The minimum atomic E-state index is -0.638. The fourth-order valence-corrected chi connectivity index (χ4v) is 5.28. The van der Waals surface area contributed by atoms with Crippen LogP contribution in [0.5, 0.6) is 11.5 Å². The summed E-state index contributed by atoms with van der Waals surface area (Å²) in [5.41, 5.74) is 2.64. The summed E-state index contributed by atoms with van der Waals surface area (Å²) in [4.78, 5) is 11.3. The van der Waals surface area contributed by atoms with Crippen LogP contribution in [0.2, 0.25) is 5.02 Å². The summed E-state index contributed by atoms with van der Waals surface area (Å²) in [5.74, 6) is 1.32. The third-order valence-electron chi connectivity index (χ3n) is 5.59. The molecule has 0 amide bonds. The molecule has 0 bridgehead atoms. The van der Waals surface area contributed by atoms with Crippen molar-refractivity contribution >= 4 is 23.4 Å². The van der Waals surface area contributed by atoms with Gasteiger partial charge in [0.05, 0.1) is 23.3 Å². The molecule has 11 heteroatoms. The Morgan fingerprint density at radius 3 is 2.58 bits per heavy atom. The normalized spacial score (nSPS) is 11.5. The van der Waals surface area contributed by atoms with Crippen LogP contribution in [0.15, 0.2) is 71.9 Å². The third kappa shape index (κ3) is 6.25. The molecule has 0 saturated carbocycles. The number of thioether (sulfide) groups is 1. The average Bonchev–Trinajstić information content (AvgIpc) is 3.28. The van der Waals surface area contributed by atoms with Gasteiger partial charge in [-0.2, -0.15) is 5.26 Å². The molecule has 1 heterocycles. The van der Waals surface area contributed by atoms with Gasteiger partial charge < -0.3 is 9.47 Å². The molecule has 9 nitrogen and oxygen atoms in total. The lowest BCUT2D eigenvalue weighted by Crippen LogP contribution is -2.12. The van der Waals surface area contributed by atoms with Crippen molar-refractivity contribution in [2.75, 3.05) is 13.2 Å². The number of rotatable bonds is 11. The summed E-state index contributed by atoms with van der Waals surface area (Å²) in [6.07, 6.45) is 0. The van der Waals surface area contributed by atoms with E-state index >= 15 is 0 Å². The Labute approximate surface area is 229 Å². The van der Waals surface area contributed by atoms with Crippen molar-refractivity contribution in [3.8, 4) is 23.3 Å². The zero-order valence-electron chi connectivity index (χ0n) is 20.7. The number of nitriles is 1. The van der Waals surface area contributed by atoms with E-state index in [1.54, 1.807) is 30.3 Å². The SMILES string of the molecule is CCOc1cc([C@@H](C[N+](=O)[O-])Sc2nnc(C)n2-c2ccccc2)cc(Cl)c1OCc1ccccc1C#N. The van der Waals surface area contributed by atoms with Crippen LogP contribution in [0, 0.1) is 28.4 Å². The standard InChI is InChI=1S/C27H24ClN5O4S/c1-3-36-24-14-21(13-23(28)26(24)37-17-20-10-8-7-9-19(20)15-29)25(16-32(34)35)38-27-31-30-18(2)33(27)22-11-5-4-6-12-22/h4-14,25H,3,16-17H2,1-2H3/t25-/m1/s1. The minimum absolute atomic E-state index is 0.107. The first-order chi connectivity index (χ1) is 18.4. The number of para-hydroxylation sites is 1. The zero-order valence-corrected chi connectivity index (χ0v) is 22.3. The molecular weight excluding hydrogens is 526 g/mol. The predicted octanol–water partition coefficient (Wildman–Crippen LogP) is 6.19. The maximum absolute atomic E-state index is 11.6. The van der Waals surface area contributed by atoms with Crippen molar-refractivity contribution in [1.29, 1.82) is 5.26 Å². The number of benzene rings is 3. The highest BCUT2D eigenvalue weighted by Gasteiger charge is 2.26. The number of nitrogens with zero attached hydrogens (tertiary/aromatic N) is 5. The number of aromatic nitrogens is 3. The molecule has 0 aliphatic heterocycles. The van der Waals surface area contributed by atoms with Crippen LogP contribution in [-0.2, 0) is 6.61 Å². The molecule has 4 rings (SSSR count). The van der Waals surface area contributed by atoms with Gasteiger partial charge in [-0.25, -0.2) is 0 Å². The van der Waals surface area contributed by atoms with Crippen LogP contribution in [0.1, 0.15) is 34.7 Å². The highest BCUT2D eigenvalue weighted by atomic mass is 35.5. The summed E-state index contributed by atoms with van der Waals surface area (Å²) in [7, 11) is 0. The van der Waals surface area contributed by atoms with E-state index in [4.69, 9.17) is 21.1 Å². The molecule has 0 spiro atoms. The molecule has 0 aliphatic carbocycles. The molecule has 1 aromatic heterocycles. The number of aryl methyl sites for hydroxylation is 1. The van der Waals surface area contributed by atoms with Gasteiger partial charge in [-0.15, -0.1) is 10.2 Å². The molecule has 4 aromatic rings. The Balaban J connectivity index is 1.68. The summed E-state index contributed by atoms with van der Waals surface area (Å²) in [5, 5.41) is 29.6. The van der Waals surface area contributed by atoms with E-state index in [0.29, 0.717) is 45.8 Å². The van der Waals surface area contributed by atoms with Gasteiger partial charge in [0.15, 0.2) is 16.7 Å². The first-order valence-electron chi connectivity index (χ1n) is 11.7. The minimum Gasteiger partial charge on any atom is -0.490 e. The second-order valence-corrected chi connectivity index (χ2v) is 9.72. The summed E-state index contributed by atoms with van der Waals surface area (Å²) >= 11 is 7.87. The molecule has 0 unspecified atom stereocenters. The Morgan fingerprint density at radius 2 is 1.87 bits per heavy atom. The number of hydrogen-bond acceptors (Lipinski definition) is 8. The summed E-state index contributed by atoms with van der Waals surface area (Å²) in [6.45, 7) is 3.72. The fraction of sp³-hybridized carbons (Fsp3) is 0.222. The number of nitro groups is 1. The first kappa shape index (κ1) is 27.0.